The Bertz CT molecular complexity index is 1090. The van der Waals surface area contributed by atoms with Crippen molar-refractivity contribution in [2.45, 2.75) is 55.6 Å². The minimum atomic E-state index is -0.578. The average molecular weight is 552 g/mol. The van der Waals surface area contributed by atoms with Crippen molar-refractivity contribution in [2.75, 3.05) is 5.75 Å². The molecular weight excluding hydrogens is 520 g/mol. The van der Waals surface area contributed by atoms with E-state index in [0.29, 0.717) is 13.0 Å². The van der Waals surface area contributed by atoms with Crippen molar-refractivity contribution in [3.05, 3.63) is 101 Å². The van der Waals surface area contributed by atoms with Crippen molar-refractivity contribution in [2.24, 2.45) is 0 Å². The van der Waals surface area contributed by atoms with Gasteiger partial charge in [0.05, 0.1) is 5.75 Å². The summed E-state index contributed by atoms with van der Waals surface area (Å²) in [5.41, 5.74) is 2.04. The van der Waals surface area contributed by atoms with Crippen LogP contribution in [0.4, 0.5) is 0 Å². The molecule has 2 amide bonds. The zero-order valence-electron chi connectivity index (χ0n) is 19.7. The fourth-order valence-electron chi connectivity index (χ4n) is 4.45. The van der Waals surface area contributed by atoms with Crippen LogP contribution in [0.15, 0.2) is 94.3 Å². The van der Waals surface area contributed by atoms with Gasteiger partial charge in [-0.2, -0.15) is 0 Å². The van der Waals surface area contributed by atoms with E-state index in [-0.39, 0.29) is 23.6 Å². The third kappa shape index (κ3) is 7.71. The number of carbonyl (C=O) groups excluding carboxylic acids is 2. The topological polar surface area (TPSA) is 49.4 Å². The highest BCUT2D eigenvalue weighted by Gasteiger charge is 2.32. The Kier molecular flexibility index (Phi) is 9.43. The Labute approximate surface area is 220 Å². The molecule has 4 rings (SSSR count). The molecule has 1 atom stereocenters. The molecule has 3 aromatic rings. The van der Waals surface area contributed by atoms with Crippen molar-refractivity contribution < 1.29 is 9.59 Å². The van der Waals surface area contributed by atoms with Gasteiger partial charge in [-0.3, -0.25) is 9.59 Å². The first-order valence-corrected chi connectivity index (χ1v) is 13.9. The molecule has 1 N–H and O–H groups in total. The van der Waals surface area contributed by atoms with Gasteiger partial charge in [0.2, 0.25) is 11.8 Å². The first-order valence-electron chi connectivity index (χ1n) is 12.1. The molecule has 1 saturated carbocycles. The number of thioether (sulfide) groups is 1. The van der Waals surface area contributed by atoms with E-state index in [1.54, 1.807) is 4.90 Å². The molecule has 0 spiro atoms. The van der Waals surface area contributed by atoms with E-state index in [2.05, 4.69) is 21.2 Å². The van der Waals surface area contributed by atoms with Crippen LogP contribution >= 0.6 is 27.7 Å². The summed E-state index contributed by atoms with van der Waals surface area (Å²) in [6.45, 7) is 0.386. The number of benzene rings is 3. The fourth-order valence-corrected chi connectivity index (χ4v) is 5.52. The van der Waals surface area contributed by atoms with E-state index in [1.807, 2.05) is 84.9 Å². The molecule has 3 aromatic carbocycles. The van der Waals surface area contributed by atoms with E-state index < -0.39 is 6.04 Å². The summed E-state index contributed by atoms with van der Waals surface area (Å²) >= 11 is 5.00. The Morgan fingerprint density at radius 3 is 2.17 bits per heavy atom. The predicted molar refractivity (Wildman–Crippen MR) is 146 cm³/mol. The second-order valence-corrected chi connectivity index (χ2v) is 10.9. The van der Waals surface area contributed by atoms with Crippen LogP contribution in [0.3, 0.4) is 0 Å². The summed E-state index contributed by atoms with van der Waals surface area (Å²) in [5.74, 6) is 0.183. The summed E-state index contributed by atoms with van der Waals surface area (Å²) in [7, 11) is 0. The van der Waals surface area contributed by atoms with Crippen LogP contribution in [0.2, 0.25) is 0 Å². The van der Waals surface area contributed by atoms with Gasteiger partial charge in [-0.05, 0) is 48.2 Å². The molecule has 1 aliphatic rings. The van der Waals surface area contributed by atoms with Crippen molar-refractivity contribution in [1.29, 1.82) is 0 Å². The molecule has 0 saturated heterocycles. The molecule has 1 fully saturated rings. The lowest BCUT2D eigenvalue weighted by Crippen LogP contribution is -2.52. The summed E-state index contributed by atoms with van der Waals surface area (Å²) in [6.07, 6.45) is 4.79. The van der Waals surface area contributed by atoms with Crippen LogP contribution in [0.25, 0.3) is 0 Å². The van der Waals surface area contributed by atoms with Crippen molar-refractivity contribution >= 4 is 39.5 Å². The summed E-state index contributed by atoms with van der Waals surface area (Å²) in [5, 5.41) is 3.26. The van der Waals surface area contributed by atoms with Crippen LogP contribution in [0.5, 0.6) is 0 Å². The number of carbonyl (C=O) groups is 2. The third-order valence-electron chi connectivity index (χ3n) is 6.34. The van der Waals surface area contributed by atoms with Crippen molar-refractivity contribution in [1.82, 2.24) is 10.2 Å². The maximum atomic E-state index is 13.7. The summed E-state index contributed by atoms with van der Waals surface area (Å²) in [4.78, 5) is 30.1. The molecule has 0 aromatic heterocycles. The van der Waals surface area contributed by atoms with E-state index in [0.717, 1.165) is 46.2 Å². The summed E-state index contributed by atoms with van der Waals surface area (Å²) in [6, 6.07) is 27.5. The van der Waals surface area contributed by atoms with Gasteiger partial charge in [-0.1, -0.05) is 89.4 Å². The molecule has 0 unspecified atom stereocenters. The van der Waals surface area contributed by atoms with Crippen LogP contribution in [0, 0.1) is 0 Å². The van der Waals surface area contributed by atoms with Crippen molar-refractivity contribution in [3.63, 3.8) is 0 Å². The van der Waals surface area contributed by atoms with Crippen molar-refractivity contribution in [3.8, 4) is 0 Å². The zero-order valence-corrected chi connectivity index (χ0v) is 22.1. The number of rotatable bonds is 10. The highest BCUT2D eigenvalue weighted by atomic mass is 79.9. The largest absolute Gasteiger partial charge is 0.352 e. The predicted octanol–water partition coefficient (Wildman–Crippen LogP) is 6.24. The lowest BCUT2D eigenvalue weighted by molar-refractivity contribution is -0.139. The molecule has 182 valence electrons. The van der Waals surface area contributed by atoms with Crippen LogP contribution < -0.4 is 5.32 Å². The van der Waals surface area contributed by atoms with Gasteiger partial charge in [0.1, 0.15) is 6.04 Å². The van der Waals surface area contributed by atoms with Gasteiger partial charge < -0.3 is 10.2 Å². The number of nitrogens with zero attached hydrogens (tertiary/aromatic N) is 1. The zero-order chi connectivity index (χ0) is 24.5. The van der Waals surface area contributed by atoms with E-state index in [1.165, 1.54) is 11.8 Å². The van der Waals surface area contributed by atoms with Gasteiger partial charge in [0.15, 0.2) is 0 Å². The van der Waals surface area contributed by atoms with Crippen LogP contribution in [-0.4, -0.2) is 34.6 Å². The monoisotopic (exact) mass is 550 g/mol. The molecule has 1 aliphatic carbocycles. The Hall–Kier alpha value is -2.57. The second-order valence-electron chi connectivity index (χ2n) is 8.95. The maximum Gasteiger partial charge on any atom is 0.243 e. The highest BCUT2D eigenvalue weighted by Crippen LogP contribution is 2.23. The van der Waals surface area contributed by atoms with Crippen LogP contribution in [-0.2, 0) is 22.6 Å². The number of nitrogens with one attached hydrogen (secondary N) is 1. The van der Waals surface area contributed by atoms with Gasteiger partial charge >= 0.3 is 0 Å². The fraction of sp³-hybridized carbons (Fsp3) is 0.310. The van der Waals surface area contributed by atoms with Gasteiger partial charge in [-0.15, -0.1) is 11.8 Å². The van der Waals surface area contributed by atoms with Crippen LogP contribution in [0.1, 0.15) is 36.8 Å². The second kappa shape index (κ2) is 12.9. The number of halogens is 1. The first-order chi connectivity index (χ1) is 17.1. The van der Waals surface area contributed by atoms with Gasteiger partial charge in [0.25, 0.3) is 0 Å². The molecule has 0 aliphatic heterocycles. The number of hydrogen-bond donors (Lipinski definition) is 1. The molecule has 0 bridgehead atoms. The third-order valence-corrected chi connectivity index (χ3v) is 7.87. The van der Waals surface area contributed by atoms with E-state index >= 15 is 0 Å². The van der Waals surface area contributed by atoms with Gasteiger partial charge in [-0.25, -0.2) is 0 Å². The molecule has 0 heterocycles. The molecule has 35 heavy (non-hydrogen) atoms. The molecule has 4 nitrogen and oxygen atoms in total. The minimum absolute atomic E-state index is 0.0377. The Balaban J connectivity index is 1.60. The maximum absolute atomic E-state index is 13.7. The van der Waals surface area contributed by atoms with Gasteiger partial charge in [0, 0.05) is 28.4 Å². The SMILES string of the molecule is O=C(NC1CCCC1)[C@@H](Cc1ccccc1)N(Cc1ccc(Br)cc1)C(=O)CSc1ccccc1. The number of amides is 2. The lowest BCUT2D eigenvalue weighted by atomic mass is 10.0. The highest BCUT2D eigenvalue weighted by molar-refractivity contribution is 9.10. The van der Waals surface area contributed by atoms with E-state index in [4.69, 9.17) is 0 Å². The normalized spacial score (nSPS) is 14.4. The Morgan fingerprint density at radius 1 is 0.886 bits per heavy atom. The lowest BCUT2D eigenvalue weighted by Gasteiger charge is -2.32. The smallest absolute Gasteiger partial charge is 0.243 e. The molecule has 0 radical (unpaired) electrons. The summed E-state index contributed by atoms with van der Waals surface area (Å²) < 4.78 is 0.985. The first kappa shape index (κ1) is 25.5. The molecule has 6 heteroatoms. The standard InChI is InChI=1S/C29H31BrN2O2S/c30-24-17-15-23(16-18-24)20-32(28(33)21-35-26-13-5-2-6-14-26)27(19-22-9-3-1-4-10-22)29(34)31-25-11-7-8-12-25/h1-6,9-10,13-18,25,27H,7-8,11-12,19-21H2,(H,31,34)/t27-/m1/s1. The minimum Gasteiger partial charge on any atom is -0.352 e. The Morgan fingerprint density at radius 2 is 1.51 bits per heavy atom. The van der Waals surface area contributed by atoms with E-state index in [9.17, 15) is 9.59 Å². The molecular formula is C29H31BrN2O2S. The number of hydrogen-bond acceptors (Lipinski definition) is 3. The average Bonchev–Trinajstić information content (AvgIpc) is 3.40. The quantitative estimate of drug-likeness (QED) is 0.304.